The van der Waals surface area contributed by atoms with Gasteiger partial charge < -0.3 is 14.8 Å². The Morgan fingerprint density at radius 1 is 1.35 bits per heavy atom. The van der Waals surface area contributed by atoms with E-state index in [1.165, 1.54) is 11.1 Å². The summed E-state index contributed by atoms with van der Waals surface area (Å²) in [4.78, 5) is 4.15. The van der Waals surface area contributed by atoms with E-state index in [-0.39, 0.29) is 5.60 Å². The van der Waals surface area contributed by atoms with Crippen LogP contribution in [0.1, 0.15) is 36.8 Å². The monoisotopic (exact) mass is 276 g/mol. The zero-order valence-corrected chi connectivity index (χ0v) is 12.2. The molecule has 3 heterocycles. The smallest absolute Gasteiger partial charge is 0.0741 e. The fourth-order valence-electron chi connectivity index (χ4n) is 3.25. The van der Waals surface area contributed by atoms with E-state index in [9.17, 15) is 0 Å². The average molecular weight is 276 g/mol. The van der Waals surface area contributed by atoms with Gasteiger partial charge in [0.15, 0.2) is 0 Å². The summed E-state index contributed by atoms with van der Waals surface area (Å²) in [7, 11) is 0. The Labute approximate surface area is 120 Å². The van der Waals surface area contributed by atoms with Crippen LogP contribution in [-0.2, 0) is 16.0 Å². The van der Waals surface area contributed by atoms with Gasteiger partial charge in [-0.2, -0.15) is 0 Å². The minimum Gasteiger partial charge on any atom is -0.381 e. The molecule has 0 amide bonds. The van der Waals surface area contributed by atoms with Gasteiger partial charge >= 0.3 is 0 Å². The van der Waals surface area contributed by atoms with Crippen molar-refractivity contribution in [1.82, 2.24) is 10.3 Å². The molecule has 4 nitrogen and oxygen atoms in total. The van der Waals surface area contributed by atoms with Crippen molar-refractivity contribution in [1.29, 1.82) is 0 Å². The normalized spacial score (nSPS) is 25.8. The lowest BCUT2D eigenvalue weighted by molar-refractivity contribution is -0.140. The van der Waals surface area contributed by atoms with Crippen LogP contribution in [0.2, 0.25) is 0 Å². The first-order valence-electron chi connectivity index (χ1n) is 7.62. The van der Waals surface area contributed by atoms with Crippen LogP contribution in [0.5, 0.6) is 0 Å². The topological polar surface area (TPSA) is 43.4 Å². The molecule has 1 N–H and O–H groups in total. The van der Waals surface area contributed by atoms with Crippen LogP contribution in [0.4, 0.5) is 0 Å². The molecule has 1 unspecified atom stereocenters. The average Bonchev–Trinajstić information content (AvgIpc) is 2.47. The standard InChI is InChI=1S/C16H24N2O2/c1-13-11-17-6-2-14(13)12-18-15-3-7-20-16(10-15)4-8-19-9-5-16/h2,6,11,15,18H,3-5,7-10,12H2,1H3. The fraction of sp³-hybridized carbons (Fsp3) is 0.688. The molecule has 2 fully saturated rings. The van der Waals surface area contributed by atoms with E-state index in [0.29, 0.717) is 6.04 Å². The first-order valence-corrected chi connectivity index (χ1v) is 7.62. The van der Waals surface area contributed by atoms with Crippen LogP contribution in [0.15, 0.2) is 18.5 Å². The summed E-state index contributed by atoms with van der Waals surface area (Å²) < 4.78 is 11.6. The van der Waals surface area contributed by atoms with Crippen LogP contribution in [-0.4, -0.2) is 36.4 Å². The van der Waals surface area contributed by atoms with Crippen molar-refractivity contribution in [3.8, 4) is 0 Å². The van der Waals surface area contributed by atoms with Gasteiger partial charge in [0.2, 0.25) is 0 Å². The lowest BCUT2D eigenvalue weighted by Gasteiger charge is -2.43. The molecule has 3 rings (SSSR count). The van der Waals surface area contributed by atoms with Gasteiger partial charge in [-0.15, -0.1) is 0 Å². The van der Waals surface area contributed by atoms with Gasteiger partial charge in [-0.3, -0.25) is 4.98 Å². The number of pyridine rings is 1. The minimum absolute atomic E-state index is 0.0709. The highest BCUT2D eigenvalue weighted by molar-refractivity contribution is 5.21. The summed E-state index contributed by atoms with van der Waals surface area (Å²) in [6.07, 6.45) is 8.10. The third-order valence-electron chi connectivity index (χ3n) is 4.61. The number of nitrogens with one attached hydrogen (secondary N) is 1. The lowest BCUT2D eigenvalue weighted by atomic mass is 9.84. The molecule has 20 heavy (non-hydrogen) atoms. The van der Waals surface area contributed by atoms with Crippen molar-refractivity contribution in [2.75, 3.05) is 19.8 Å². The second-order valence-electron chi connectivity index (χ2n) is 6.02. The van der Waals surface area contributed by atoms with Crippen LogP contribution >= 0.6 is 0 Å². The largest absolute Gasteiger partial charge is 0.381 e. The van der Waals surface area contributed by atoms with E-state index in [0.717, 1.165) is 52.0 Å². The molecule has 2 aliphatic heterocycles. The van der Waals surface area contributed by atoms with Gasteiger partial charge in [0.1, 0.15) is 0 Å². The number of rotatable bonds is 3. The van der Waals surface area contributed by atoms with E-state index < -0.39 is 0 Å². The van der Waals surface area contributed by atoms with Crippen LogP contribution in [0.25, 0.3) is 0 Å². The highest BCUT2D eigenvalue weighted by Crippen LogP contribution is 2.34. The minimum atomic E-state index is 0.0709. The van der Waals surface area contributed by atoms with Crippen molar-refractivity contribution in [3.05, 3.63) is 29.6 Å². The SMILES string of the molecule is Cc1cnccc1CNC1CCOC2(CCOCC2)C1. The molecule has 2 aliphatic rings. The fourth-order valence-corrected chi connectivity index (χ4v) is 3.25. The third-order valence-corrected chi connectivity index (χ3v) is 4.61. The highest BCUT2D eigenvalue weighted by atomic mass is 16.5. The molecule has 1 atom stereocenters. The van der Waals surface area contributed by atoms with Gasteiger partial charge in [0, 0.05) is 44.8 Å². The van der Waals surface area contributed by atoms with Gasteiger partial charge in [-0.25, -0.2) is 0 Å². The van der Waals surface area contributed by atoms with Crippen molar-refractivity contribution >= 4 is 0 Å². The molecule has 4 heteroatoms. The molecular weight excluding hydrogens is 252 g/mol. The Kier molecular flexibility index (Phi) is 4.34. The molecule has 1 spiro atoms. The maximum Gasteiger partial charge on any atom is 0.0741 e. The van der Waals surface area contributed by atoms with E-state index in [4.69, 9.17) is 9.47 Å². The Morgan fingerprint density at radius 3 is 3.00 bits per heavy atom. The van der Waals surface area contributed by atoms with Crippen molar-refractivity contribution < 1.29 is 9.47 Å². The van der Waals surface area contributed by atoms with Crippen LogP contribution in [0.3, 0.4) is 0 Å². The van der Waals surface area contributed by atoms with Crippen molar-refractivity contribution in [2.24, 2.45) is 0 Å². The molecule has 110 valence electrons. The Bertz CT molecular complexity index is 438. The van der Waals surface area contributed by atoms with Gasteiger partial charge in [-0.1, -0.05) is 0 Å². The molecule has 0 aromatic carbocycles. The van der Waals surface area contributed by atoms with Gasteiger partial charge in [0.05, 0.1) is 5.60 Å². The number of hydrogen-bond donors (Lipinski definition) is 1. The van der Waals surface area contributed by atoms with Gasteiger partial charge in [0.25, 0.3) is 0 Å². The van der Waals surface area contributed by atoms with Crippen LogP contribution < -0.4 is 5.32 Å². The Balaban J connectivity index is 1.56. The predicted molar refractivity (Wildman–Crippen MR) is 77.6 cm³/mol. The second kappa shape index (κ2) is 6.20. The zero-order chi connectivity index (χ0) is 13.8. The number of aryl methyl sites for hydroxylation is 1. The highest BCUT2D eigenvalue weighted by Gasteiger charge is 2.38. The number of ether oxygens (including phenoxy) is 2. The van der Waals surface area contributed by atoms with Crippen LogP contribution in [0, 0.1) is 6.92 Å². The Morgan fingerprint density at radius 2 is 2.20 bits per heavy atom. The van der Waals surface area contributed by atoms with E-state index >= 15 is 0 Å². The summed E-state index contributed by atoms with van der Waals surface area (Å²) in [5.41, 5.74) is 2.67. The molecule has 0 aliphatic carbocycles. The number of hydrogen-bond acceptors (Lipinski definition) is 4. The summed E-state index contributed by atoms with van der Waals surface area (Å²) >= 11 is 0. The number of nitrogens with zero attached hydrogens (tertiary/aromatic N) is 1. The van der Waals surface area contributed by atoms with Crippen molar-refractivity contribution in [2.45, 2.75) is 50.8 Å². The van der Waals surface area contributed by atoms with Crippen molar-refractivity contribution in [3.63, 3.8) is 0 Å². The Hall–Kier alpha value is -0.970. The van der Waals surface area contributed by atoms with Gasteiger partial charge in [-0.05, 0) is 49.8 Å². The molecule has 0 radical (unpaired) electrons. The third kappa shape index (κ3) is 3.19. The predicted octanol–water partition coefficient (Wildman–Crippen LogP) is 2.21. The summed E-state index contributed by atoms with van der Waals surface area (Å²) in [6, 6.07) is 2.65. The molecule has 0 bridgehead atoms. The van der Waals surface area contributed by atoms with E-state index in [1.807, 2.05) is 12.4 Å². The number of aromatic nitrogens is 1. The van der Waals surface area contributed by atoms with E-state index in [1.54, 1.807) is 0 Å². The maximum absolute atomic E-state index is 6.08. The summed E-state index contributed by atoms with van der Waals surface area (Å²) in [5.74, 6) is 0. The first kappa shape index (κ1) is 14.0. The second-order valence-corrected chi connectivity index (χ2v) is 6.02. The zero-order valence-electron chi connectivity index (χ0n) is 12.2. The molecule has 1 aromatic heterocycles. The lowest BCUT2D eigenvalue weighted by Crippen LogP contribution is -2.49. The molecule has 2 saturated heterocycles. The first-order chi connectivity index (χ1) is 9.77. The summed E-state index contributed by atoms with van der Waals surface area (Å²) in [5, 5.41) is 3.70. The molecule has 1 aromatic rings. The maximum atomic E-state index is 6.08. The van der Waals surface area contributed by atoms with E-state index in [2.05, 4.69) is 23.3 Å². The molecule has 0 saturated carbocycles. The summed E-state index contributed by atoms with van der Waals surface area (Å²) in [6.45, 7) is 5.60. The molecular formula is C16H24N2O2. The quantitative estimate of drug-likeness (QED) is 0.919.